The second kappa shape index (κ2) is 7.86. The van der Waals surface area contributed by atoms with Crippen LogP contribution >= 0.6 is 0 Å². The first-order chi connectivity index (χ1) is 12.9. The van der Waals surface area contributed by atoms with Crippen LogP contribution in [0.25, 0.3) is 5.82 Å². The topological polar surface area (TPSA) is 102 Å². The van der Waals surface area contributed by atoms with Crippen LogP contribution in [0.3, 0.4) is 0 Å². The zero-order valence-electron chi connectivity index (χ0n) is 15.4. The summed E-state index contributed by atoms with van der Waals surface area (Å²) in [6, 6.07) is 5.40. The highest BCUT2D eigenvalue weighted by Crippen LogP contribution is 2.13. The lowest BCUT2D eigenvalue weighted by Crippen LogP contribution is -2.36. The van der Waals surface area contributed by atoms with E-state index in [-0.39, 0.29) is 18.4 Å². The molecule has 3 rings (SSSR count). The van der Waals surface area contributed by atoms with Crippen molar-refractivity contribution in [3.63, 3.8) is 0 Å². The van der Waals surface area contributed by atoms with E-state index in [9.17, 15) is 9.59 Å². The molecule has 140 valence electrons. The number of furan rings is 1. The van der Waals surface area contributed by atoms with E-state index in [1.165, 1.54) is 0 Å². The number of amides is 2. The van der Waals surface area contributed by atoms with Crippen LogP contribution in [0.15, 0.2) is 41.2 Å². The lowest BCUT2D eigenvalue weighted by molar-refractivity contribution is -0.120. The van der Waals surface area contributed by atoms with E-state index in [2.05, 4.69) is 20.6 Å². The number of pyridine rings is 1. The van der Waals surface area contributed by atoms with E-state index in [0.717, 1.165) is 17.2 Å². The summed E-state index contributed by atoms with van der Waals surface area (Å²) in [7, 11) is 0. The van der Waals surface area contributed by atoms with Crippen LogP contribution in [0.5, 0.6) is 0 Å². The van der Waals surface area contributed by atoms with Gasteiger partial charge in [-0.2, -0.15) is 0 Å². The molecule has 0 atom stereocenters. The Labute approximate surface area is 156 Å². The van der Waals surface area contributed by atoms with Crippen molar-refractivity contribution in [1.29, 1.82) is 0 Å². The lowest BCUT2D eigenvalue weighted by atomic mass is 10.2. The maximum Gasteiger partial charge on any atom is 0.255 e. The van der Waals surface area contributed by atoms with Gasteiger partial charge in [-0.15, -0.1) is 0 Å². The fourth-order valence-electron chi connectivity index (χ4n) is 2.66. The molecule has 0 aliphatic carbocycles. The number of imidazole rings is 1. The molecular weight excluding hydrogens is 346 g/mol. The number of carbonyl (C=O) groups is 2. The van der Waals surface area contributed by atoms with Crippen molar-refractivity contribution in [1.82, 2.24) is 25.2 Å². The summed E-state index contributed by atoms with van der Waals surface area (Å²) in [5.74, 6) is 2.19. The minimum absolute atomic E-state index is 0.109. The molecule has 3 aromatic heterocycles. The molecule has 0 unspecified atom stereocenters. The van der Waals surface area contributed by atoms with Crippen molar-refractivity contribution in [2.24, 2.45) is 0 Å². The van der Waals surface area contributed by atoms with Crippen LogP contribution in [-0.4, -0.2) is 32.9 Å². The molecule has 2 amide bonds. The Hall–Kier alpha value is -3.42. The predicted octanol–water partition coefficient (Wildman–Crippen LogP) is 1.83. The molecule has 2 N–H and O–H groups in total. The monoisotopic (exact) mass is 367 g/mol. The first-order valence-electron chi connectivity index (χ1n) is 8.51. The Morgan fingerprint density at radius 1 is 1.15 bits per heavy atom. The third-order valence-electron chi connectivity index (χ3n) is 4.07. The van der Waals surface area contributed by atoms with Gasteiger partial charge in [-0.3, -0.25) is 14.2 Å². The van der Waals surface area contributed by atoms with Crippen molar-refractivity contribution >= 4 is 11.8 Å². The minimum atomic E-state index is -0.332. The summed E-state index contributed by atoms with van der Waals surface area (Å²) in [4.78, 5) is 32.6. The van der Waals surface area contributed by atoms with Crippen molar-refractivity contribution in [2.45, 2.75) is 27.3 Å². The molecule has 8 heteroatoms. The van der Waals surface area contributed by atoms with Crippen LogP contribution in [-0.2, 0) is 11.3 Å². The summed E-state index contributed by atoms with van der Waals surface area (Å²) < 4.78 is 7.19. The van der Waals surface area contributed by atoms with Gasteiger partial charge in [0.1, 0.15) is 23.2 Å². The van der Waals surface area contributed by atoms with E-state index in [4.69, 9.17) is 4.42 Å². The van der Waals surface area contributed by atoms with Gasteiger partial charge in [-0.05, 0) is 38.5 Å². The molecule has 0 aliphatic rings. The molecule has 3 heterocycles. The standard InChI is InChI=1S/C19H21N5O3/c1-12-8-16(13(2)27-12)19(26)23-11-18(25)22-10-15-4-5-17(21-9-15)24-7-6-20-14(24)3/h4-9H,10-11H2,1-3H3,(H,22,25)(H,23,26). The van der Waals surface area contributed by atoms with Gasteiger partial charge in [0, 0.05) is 25.1 Å². The van der Waals surface area contributed by atoms with Crippen molar-refractivity contribution in [3.05, 3.63) is 65.3 Å². The fourth-order valence-corrected chi connectivity index (χ4v) is 2.66. The number of hydrogen-bond acceptors (Lipinski definition) is 5. The Morgan fingerprint density at radius 2 is 1.96 bits per heavy atom. The molecule has 0 aliphatic heterocycles. The molecule has 0 bridgehead atoms. The fraction of sp³-hybridized carbons (Fsp3) is 0.263. The van der Waals surface area contributed by atoms with Crippen molar-refractivity contribution < 1.29 is 14.0 Å². The van der Waals surface area contributed by atoms with Crippen LogP contribution in [0, 0.1) is 20.8 Å². The Balaban J connectivity index is 1.48. The zero-order chi connectivity index (χ0) is 19.4. The largest absolute Gasteiger partial charge is 0.466 e. The van der Waals surface area contributed by atoms with Crippen LogP contribution < -0.4 is 10.6 Å². The first-order valence-corrected chi connectivity index (χ1v) is 8.51. The van der Waals surface area contributed by atoms with Gasteiger partial charge in [-0.25, -0.2) is 9.97 Å². The van der Waals surface area contributed by atoms with Gasteiger partial charge in [0.05, 0.1) is 12.1 Å². The van der Waals surface area contributed by atoms with E-state index >= 15 is 0 Å². The Morgan fingerprint density at radius 3 is 2.56 bits per heavy atom. The molecule has 0 fully saturated rings. The van der Waals surface area contributed by atoms with Gasteiger partial charge in [0.25, 0.3) is 5.91 Å². The Kier molecular flexibility index (Phi) is 5.35. The summed E-state index contributed by atoms with van der Waals surface area (Å²) in [6.45, 7) is 5.60. The van der Waals surface area contributed by atoms with Crippen molar-refractivity contribution in [3.8, 4) is 5.82 Å². The number of aryl methyl sites for hydroxylation is 3. The number of aromatic nitrogens is 3. The molecular formula is C19H21N5O3. The van der Waals surface area contributed by atoms with E-state index in [1.54, 1.807) is 32.3 Å². The van der Waals surface area contributed by atoms with Gasteiger partial charge < -0.3 is 15.1 Å². The molecule has 27 heavy (non-hydrogen) atoms. The minimum Gasteiger partial charge on any atom is -0.466 e. The maximum atomic E-state index is 12.1. The molecule has 0 spiro atoms. The second-order valence-corrected chi connectivity index (χ2v) is 6.16. The highest BCUT2D eigenvalue weighted by atomic mass is 16.3. The van der Waals surface area contributed by atoms with Crippen molar-refractivity contribution in [2.75, 3.05) is 6.54 Å². The summed E-state index contributed by atoms with van der Waals surface area (Å²) in [5.41, 5.74) is 1.30. The summed E-state index contributed by atoms with van der Waals surface area (Å²) in [5, 5.41) is 5.34. The van der Waals surface area contributed by atoms with Crippen LogP contribution in [0.1, 0.15) is 33.3 Å². The Bertz CT molecular complexity index is 956. The smallest absolute Gasteiger partial charge is 0.255 e. The number of rotatable bonds is 6. The third-order valence-corrected chi connectivity index (χ3v) is 4.07. The van der Waals surface area contributed by atoms with Gasteiger partial charge in [0.15, 0.2) is 0 Å². The highest BCUT2D eigenvalue weighted by Gasteiger charge is 2.14. The normalized spacial score (nSPS) is 10.6. The molecule has 3 aromatic rings. The lowest BCUT2D eigenvalue weighted by Gasteiger charge is -2.08. The molecule has 0 radical (unpaired) electrons. The summed E-state index contributed by atoms with van der Waals surface area (Å²) >= 11 is 0. The number of nitrogens with one attached hydrogen (secondary N) is 2. The molecule has 0 aromatic carbocycles. The zero-order valence-corrected chi connectivity index (χ0v) is 15.4. The average Bonchev–Trinajstić information content (AvgIpc) is 3.23. The maximum absolute atomic E-state index is 12.1. The number of nitrogens with zero attached hydrogens (tertiary/aromatic N) is 3. The van der Waals surface area contributed by atoms with Crippen LogP contribution in [0.4, 0.5) is 0 Å². The average molecular weight is 367 g/mol. The second-order valence-electron chi connectivity index (χ2n) is 6.16. The quantitative estimate of drug-likeness (QED) is 0.692. The summed E-state index contributed by atoms with van der Waals surface area (Å²) in [6.07, 6.45) is 5.25. The first kappa shape index (κ1) is 18.4. The molecule has 8 nitrogen and oxygen atoms in total. The highest BCUT2D eigenvalue weighted by molar-refractivity contribution is 5.97. The van der Waals surface area contributed by atoms with Gasteiger partial charge in [-0.1, -0.05) is 6.07 Å². The third kappa shape index (κ3) is 4.41. The molecule has 0 saturated heterocycles. The van der Waals surface area contributed by atoms with E-state index in [0.29, 0.717) is 23.6 Å². The number of hydrogen-bond donors (Lipinski definition) is 2. The number of carbonyl (C=O) groups excluding carboxylic acids is 2. The predicted molar refractivity (Wildman–Crippen MR) is 98.5 cm³/mol. The van der Waals surface area contributed by atoms with Gasteiger partial charge >= 0.3 is 0 Å². The van der Waals surface area contributed by atoms with E-state index in [1.807, 2.05) is 29.8 Å². The van der Waals surface area contributed by atoms with E-state index < -0.39 is 0 Å². The SMILES string of the molecule is Cc1cc(C(=O)NCC(=O)NCc2ccc(-n3ccnc3C)nc2)c(C)o1. The van der Waals surface area contributed by atoms with Gasteiger partial charge in [0.2, 0.25) is 5.91 Å². The van der Waals surface area contributed by atoms with Crippen LogP contribution in [0.2, 0.25) is 0 Å². The molecule has 0 saturated carbocycles.